The third-order valence-corrected chi connectivity index (χ3v) is 2.74. The Morgan fingerprint density at radius 1 is 1.30 bits per heavy atom. The minimum atomic E-state index is -0.471. The Morgan fingerprint density at radius 2 is 1.95 bits per heavy atom. The fourth-order valence-electron chi connectivity index (χ4n) is 1.72. The van der Waals surface area contributed by atoms with Crippen LogP contribution in [0.3, 0.4) is 0 Å². The number of hydrogen-bond acceptors (Lipinski definition) is 3. The largest absolute Gasteiger partial charge is 0.469 e. The fraction of sp³-hybridized carbons (Fsp3) is 0.250. The number of rotatable bonds is 7. The minimum absolute atomic E-state index is 0.0994. The van der Waals surface area contributed by atoms with E-state index in [1.165, 1.54) is 7.11 Å². The molecule has 0 fully saturated rings. The second-order valence-electron chi connectivity index (χ2n) is 4.32. The Morgan fingerprint density at radius 3 is 2.50 bits per heavy atom. The van der Waals surface area contributed by atoms with E-state index in [1.54, 1.807) is 11.0 Å². The maximum absolute atomic E-state index is 12.3. The smallest absolute Gasteiger partial charge is 0.310 e. The molecule has 1 amide bonds. The number of esters is 1. The molecule has 0 aliphatic heterocycles. The molecule has 0 aliphatic rings. The van der Waals surface area contributed by atoms with Crippen LogP contribution >= 0.6 is 0 Å². The van der Waals surface area contributed by atoms with E-state index in [-0.39, 0.29) is 17.9 Å². The monoisotopic (exact) mass is 273 g/mol. The Kier molecular flexibility index (Phi) is 6.23. The number of carbonyl (C=O) groups is 2. The number of benzene rings is 1. The number of hydrogen-bond donors (Lipinski definition) is 0. The molecule has 0 saturated carbocycles. The second kappa shape index (κ2) is 7.94. The predicted octanol–water partition coefficient (Wildman–Crippen LogP) is 2.32. The standard InChI is InChI=1S/C16H19NO3/c1-4-10-17(12-14-8-6-5-7-9-14)16(19)13(2)11-15(18)20-3/h4-9H,1-2,10-12H2,3H3. The summed E-state index contributed by atoms with van der Waals surface area (Å²) < 4.78 is 4.54. The third-order valence-electron chi connectivity index (χ3n) is 2.74. The van der Waals surface area contributed by atoms with E-state index in [0.29, 0.717) is 13.1 Å². The Bertz CT molecular complexity index is 494. The Balaban J connectivity index is 2.74. The second-order valence-corrected chi connectivity index (χ2v) is 4.32. The first-order chi connectivity index (χ1) is 9.58. The van der Waals surface area contributed by atoms with E-state index in [0.717, 1.165) is 5.56 Å². The molecule has 1 aromatic rings. The van der Waals surface area contributed by atoms with Crippen molar-refractivity contribution in [2.75, 3.05) is 13.7 Å². The molecule has 0 radical (unpaired) electrons. The van der Waals surface area contributed by atoms with E-state index in [4.69, 9.17) is 0 Å². The van der Waals surface area contributed by atoms with Crippen LogP contribution in [0.2, 0.25) is 0 Å². The van der Waals surface area contributed by atoms with Crippen LogP contribution in [0.4, 0.5) is 0 Å². The van der Waals surface area contributed by atoms with Crippen LogP contribution in [0.15, 0.2) is 55.1 Å². The van der Waals surface area contributed by atoms with Crippen molar-refractivity contribution in [1.82, 2.24) is 4.90 Å². The summed E-state index contributed by atoms with van der Waals surface area (Å²) in [5.41, 5.74) is 1.23. The molecule has 0 unspecified atom stereocenters. The van der Waals surface area contributed by atoms with Crippen molar-refractivity contribution in [1.29, 1.82) is 0 Å². The number of ether oxygens (including phenoxy) is 1. The molecule has 106 valence electrons. The minimum Gasteiger partial charge on any atom is -0.469 e. The van der Waals surface area contributed by atoms with Gasteiger partial charge in [-0.05, 0) is 5.56 Å². The van der Waals surface area contributed by atoms with Gasteiger partial charge in [0.25, 0.3) is 0 Å². The van der Waals surface area contributed by atoms with Gasteiger partial charge in [-0.2, -0.15) is 0 Å². The van der Waals surface area contributed by atoms with Gasteiger partial charge in [0.15, 0.2) is 0 Å². The highest BCUT2D eigenvalue weighted by Gasteiger charge is 2.18. The summed E-state index contributed by atoms with van der Waals surface area (Å²) in [7, 11) is 1.28. The first-order valence-corrected chi connectivity index (χ1v) is 6.27. The van der Waals surface area contributed by atoms with Crippen molar-refractivity contribution in [3.8, 4) is 0 Å². The Hall–Kier alpha value is -2.36. The number of nitrogens with zero attached hydrogens (tertiary/aromatic N) is 1. The molecule has 0 heterocycles. The lowest BCUT2D eigenvalue weighted by atomic mass is 10.1. The van der Waals surface area contributed by atoms with Crippen LogP contribution in [0, 0.1) is 0 Å². The zero-order valence-electron chi connectivity index (χ0n) is 11.7. The van der Waals surface area contributed by atoms with Gasteiger partial charge in [-0.15, -0.1) is 6.58 Å². The molecule has 0 spiro atoms. The fourth-order valence-corrected chi connectivity index (χ4v) is 1.72. The molecule has 20 heavy (non-hydrogen) atoms. The summed E-state index contributed by atoms with van der Waals surface area (Å²) in [6, 6.07) is 9.61. The lowest BCUT2D eigenvalue weighted by Gasteiger charge is -2.22. The topological polar surface area (TPSA) is 46.6 Å². The molecule has 0 atom stereocenters. The van der Waals surface area contributed by atoms with E-state index >= 15 is 0 Å². The highest BCUT2D eigenvalue weighted by atomic mass is 16.5. The van der Waals surface area contributed by atoms with Gasteiger partial charge >= 0.3 is 5.97 Å². The summed E-state index contributed by atoms with van der Waals surface area (Å²) >= 11 is 0. The summed E-state index contributed by atoms with van der Waals surface area (Å²) in [4.78, 5) is 25.0. The first-order valence-electron chi connectivity index (χ1n) is 6.27. The third kappa shape index (κ3) is 4.72. The molecule has 0 aliphatic carbocycles. The highest BCUT2D eigenvalue weighted by Crippen LogP contribution is 2.10. The number of carbonyl (C=O) groups excluding carboxylic acids is 2. The summed E-state index contributed by atoms with van der Waals surface area (Å²) in [5.74, 6) is -0.735. The molecule has 0 saturated heterocycles. The lowest BCUT2D eigenvalue weighted by Crippen LogP contribution is -2.32. The summed E-state index contributed by atoms with van der Waals surface area (Å²) in [6.45, 7) is 8.15. The van der Waals surface area contributed by atoms with E-state index in [2.05, 4.69) is 17.9 Å². The van der Waals surface area contributed by atoms with E-state index in [9.17, 15) is 9.59 Å². The van der Waals surface area contributed by atoms with Gasteiger partial charge in [-0.25, -0.2) is 0 Å². The van der Waals surface area contributed by atoms with Crippen LogP contribution in [0.25, 0.3) is 0 Å². The van der Waals surface area contributed by atoms with Gasteiger partial charge in [-0.1, -0.05) is 43.0 Å². The zero-order valence-corrected chi connectivity index (χ0v) is 11.7. The van der Waals surface area contributed by atoms with Crippen LogP contribution in [0.1, 0.15) is 12.0 Å². The van der Waals surface area contributed by atoms with Gasteiger partial charge in [0.2, 0.25) is 5.91 Å². The molecular weight excluding hydrogens is 254 g/mol. The van der Waals surface area contributed by atoms with Crippen molar-refractivity contribution in [2.24, 2.45) is 0 Å². The SMILES string of the molecule is C=CCN(Cc1ccccc1)C(=O)C(=C)CC(=O)OC. The van der Waals surface area contributed by atoms with E-state index in [1.807, 2.05) is 30.3 Å². The Labute approximate surface area is 119 Å². The van der Waals surface area contributed by atoms with Gasteiger partial charge in [0.05, 0.1) is 13.5 Å². The molecule has 0 bridgehead atoms. The molecule has 1 aromatic carbocycles. The average molecular weight is 273 g/mol. The van der Waals surface area contributed by atoms with Crippen molar-refractivity contribution >= 4 is 11.9 Å². The van der Waals surface area contributed by atoms with Gasteiger partial charge < -0.3 is 9.64 Å². The van der Waals surface area contributed by atoms with Crippen molar-refractivity contribution in [3.05, 3.63) is 60.7 Å². The lowest BCUT2D eigenvalue weighted by molar-refractivity contribution is -0.141. The van der Waals surface area contributed by atoms with Crippen molar-refractivity contribution in [2.45, 2.75) is 13.0 Å². The summed E-state index contributed by atoms with van der Waals surface area (Å²) in [6.07, 6.45) is 1.55. The van der Waals surface area contributed by atoms with Crippen molar-refractivity contribution < 1.29 is 14.3 Å². The normalized spacial score (nSPS) is 9.65. The van der Waals surface area contributed by atoms with Crippen LogP contribution in [-0.2, 0) is 20.9 Å². The molecule has 0 aromatic heterocycles. The predicted molar refractivity (Wildman–Crippen MR) is 77.8 cm³/mol. The maximum atomic E-state index is 12.3. The first kappa shape index (κ1) is 15.7. The number of methoxy groups -OCH3 is 1. The quantitative estimate of drug-likeness (QED) is 0.435. The van der Waals surface area contributed by atoms with E-state index < -0.39 is 5.97 Å². The van der Waals surface area contributed by atoms with Gasteiger partial charge in [0.1, 0.15) is 0 Å². The molecular formula is C16H19NO3. The number of amides is 1. The van der Waals surface area contributed by atoms with Gasteiger partial charge in [0, 0.05) is 18.7 Å². The average Bonchev–Trinajstić information content (AvgIpc) is 2.46. The van der Waals surface area contributed by atoms with Gasteiger partial charge in [-0.3, -0.25) is 9.59 Å². The zero-order chi connectivity index (χ0) is 15.0. The molecule has 4 heteroatoms. The van der Waals surface area contributed by atoms with Crippen LogP contribution in [-0.4, -0.2) is 30.4 Å². The maximum Gasteiger partial charge on any atom is 0.310 e. The van der Waals surface area contributed by atoms with Crippen molar-refractivity contribution in [3.63, 3.8) is 0 Å². The van der Waals surface area contributed by atoms with Crippen LogP contribution < -0.4 is 0 Å². The molecule has 1 rings (SSSR count). The highest BCUT2D eigenvalue weighted by molar-refractivity contribution is 5.97. The van der Waals surface area contributed by atoms with Crippen LogP contribution in [0.5, 0.6) is 0 Å². The summed E-state index contributed by atoms with van der Waals surface area (Å²) in [5, 5.41) is 0. The molecule has 4 nitrogen and oxygen atoms in total. The molecule has 0 N–H and O–H groups in total.